The van der Waals surface area contributed by atoms with E-state index < -0.39 is 5.54 Å². The molecule has 0 radical (unpaired) electrons. The van der Waals surface area contributed by atoms with Crippen molar-refractivity contribution in [1.82, 2.24) is 20.4 Å². The van der Waals surface area contributed by atoms with Gasteiger partial charge in [-0.1, -0.05) is 6.07 Å². The van der Waals surface area contributed by atoms with Crippen molar-refractivity contribution >= 4 is 34.7 Å². The van der Waals surface area contributed by atoms with E-state index in [2.05, 4.69) is 21.0 Å². The summed E-state index contributed by atoms with van der Waals surface area (Å²) < 4.78 is 1.18. The molecule has 0 atom stereocenters. The van der Waals surface area contributed by atoms with Crippen molar-refractivity contribution in [1.29, 1.82) is 0 Å². The van der Waals surface area contributed by atoms with E-state index >= 15 is 0 Å². The summed E-state index contributed by atoms with van der Waals surface area (Å²) in [5.74, 6) is -0.561. The number of aromatic nitrogens is 2. The number of nitrogens with one attached hydrogen (secondary N) is 3. The lowest BCUT2D eigenvalue weighted by molar-refractivity contribution is -0.129. The van der Waals surface area contributed by atoms with E-state index in [0.717, 1.165) is 17.7 Å². The van der Waals surface area contributed by atoms with Crippen molar-refractivity contribution in [3.05, 3.63) is 69.8 Å². The second-order valence-electron chi connectivity index (χ2n) is 8.86. The van der Waals surface area contributed by atoms with Crippen LogP contribution in [-0.4, -0.2) is 40.6 Å². The molecule has 1 aliphatic rings. The highest BCUT2D eigenvalue weighted by molar-refractivity contribution is 7.13. The van der Waals surface area contributed by atoms with Crippen LogP contribution in [0.5, 0.6) is 0 Å². The molecule has 1 aliphatic carbocycles. The van der Waals surface area contributed by atoms with E-state index in [1.807, 2.05) is 17.5 Å². The van der Waals surface area contributed by atoms with Gasteiger partial charge in [0.2, 0.25) is 11.8 Å². The molecule has 3 amide bonds. The smallest absolute Gasteiger partial charge is 0.267 e. The Hall–Kier alpha value is -3.79. The number of carbonyl (C=O) groups is 3. The average Bonchev–Trinajstić information content (AvgIpc) is 3.56. The summed E-state index contributed by atoms with van der Waals surface area (Å²) in [6.45, 7) is 3.63. The van der Waals surface area contributed by atoms with Gasteiger partial charge >= 0.3 is 0 Å². The number of anilines is 1. The lowest BCUT2D eigenvalue weighted by Gasteiger charge is -2.25. The van der Waals surface area contributed by atoms with Crippen molar-refractivity contribution in [2.75, 3.05) is 18.4 Å². The number of amides is 3. The number of hydrogen-bond acceptors (Lipinski definition) is 6. The molecule has 10 heteroatoms. The third-order valence-electron chi connectivity index (χ3n) is 5.72. The molecule has 35 heavy (non-hydrogen) atoms. The molecule has 0 aliphatic heterocycles. The Morgan fingerprint density at radius 1 is 1.03 bits per heavy atom. The van der Waals surface area contributed by atoms with Gasteiger partial charge in [-0.05, 0) is 68.5 Å². The monoisotopic (exact) mass is 493 g/mol. The minimum Gasteiger partial charge on any atom is -0.352 e. The maximum Gasteiger partial charge on any atom is 0.267 e. The first-order valence-corrected chi connectivity index (χ1v) is 12.3. The van der Waals surface area contributed by atoms with Gasteiger partial charge in [0.1, 0.15) is 11.2 Å². The molecule has 2 aromatic heterocycles. The Balaban J connectivity index is 1.28. The Labute approximate surface area is 206 Å². The SMILES string of the molecule is CC(C)(C(=O)NCCNC(=O)c1ccc(NC(=O)C2CC2)cc1)n1nc(-c2cccs2)ccc1=O. The van der Waals surface area contributed by atoms with Gasteiger partial charge in [0.15, 0.2) is 0 Å². The molecule has 3 aromatic rings. The Morgan fingerprint density at radius 2 is 1.74 bits per heavy atom. The first kappa shape index (κ1) is 24.3. The summed E-state index contributed by atoms with van der Waals surface area (Å²) in [5.41, 5.74) is 0.110. The molecule has 0 bridgehead atoms. The second-order valence-corrected chi connectivity index (χ2v) is 9.81. The lowest BCUT2D eigenvalue weighted by Crippen LogP contribution is -2.50. The van der Waals surface area contributed by atoms with Gasteiger partial charge in [0, 0.05) is 36.3 Å². The zero-order chi connectivity index (χ0) is 25.0. The van der Waals surface area contributed by atoms with E-state index in [1.54, 1.807) is 44.2 Å². The van der Waals surface area contributed by atoms with E-state index in [0.29, 0.717) is 16.9 Å². The van der Waals surface area contributed by atoms with E-state index in [1.165, 1.54) is 22.1 Å². The van der Waals surface area contributed by atoms with Gasteiger partial charge < -0.3 is 16.0 Å². The van der Waals surface area contributed by atoms with Crippen molar-refractivity contribution < 1.29 is 14.4 Å². The maximum atomic E-state index is 12.9. The first-order chi connectivity index (χ1) is 16.8. The second kappa shape index (κ2) is 10.2. The third kappa shape index (κ3) is 5.83. The van der Waals surface area contributed by atoms with Crippen molar-refractivity contribution in [2.45, 2.75) is 32.2 Å². The molecule has 0 unspecified atom stereocenters. The molecule has 1 saturated carbocycles. The zero-order valence-corrected chi connectivity index (χ0v) is 20.4. The summed E-state index contributed by atoms with van der Waals surface area (Å²) in [6, 6.07) is 13.5. The molecule has 182 valence electrons. The molecule has 1 fully saturated rings. The van der Waals surface area contributed by atoms with Crippen LogP contribution >= 0.6 is 11.3 Å². The maximum absolute atomic E-state index is 12.9. The van der Waals surface area contributed by atoms with Crippen LogP contribution in [0.1, 0.15) is 37.0 Å². The molecule has 0 saturated heterocycles. The molecule has 9 nitrogen and oxygen atoms in total. The summed E-state index contributed by atoms with van der Waals surface area (Å²) >= 11 is 1.50. The normalized spacial score (nSPS) is 13.2. The molecule has 4 rings (SSSR count). The topological polar surface area (TPSA) is 122 Å². The standard InChI is InChI=1S/C25H27N5O4S/c1-25(2,30-21(31)12-11-19(29-30)20-4-3-15-35-20)24(34)27-14-13-26-22(32)16-7-9-18(10-8-16)28-23(33)17-5-6-17/h3-4,7-12,15,17H,5-6,13-14H2,1-2H3,(H,26,32)(H,27,34)(H,28,33). The van der Waals surface area contributed by atoms with Crippen molar-refractivity contribution in [3.8, 4) is 10.6 Å². The Morgan fingerprint density at radius 3 is 2.40 bits per heavy atom. The highest BCUT2D eigenvalue weighted by Crippen LogP contribution is 2.30. The predicted molar refractivity (Wildman–Crippen MR) is 134 cm³/mol. The number of nitrogens with zero attached hydrogens (tertiary/aromatic N) is 2. The Bertz CT molecular complexity index is 1280. The minimum absolute atomic E-state index is 0.0107. The lowest BCUT2D eigenvalue weighted by atomic mass is 10.0. The molecule has 1 aromatic carbocycles. The third-order valence-corrected chi connectivity index (χ3v) is 6.61. The molecular formula is C25H27N5O4S. The predicted octanol–water partition coefficient (Wildman–Crippen LogP) is 2.60. The number of benzene rings is 1. The van der Waals surface area contributed by atoms with Gasteiger partial charge in [-0.2, -0.15) is 5.10 Å². The highest BCUT2D eigenvalue weighted by Gasteiger charge is 2.32. The largest absolute Gasteiger partial charge is 0.352 e. The van der Waals surface area contributed by atoms with Gasteiger partial charge in [0.05, 0.1) is 4.88 Å². The van der Waals surface area contributed by atoms with Crippen LogP contribution in [0.25, 0.3) is 10.6 Å². The zero-order valence-electron chi connectivity index (χ0n) is 19.5. The summed E-state index contributed by atoms with van der Waals surface area (Å²) in [5, 5.41) is 14.7. The fraction of sp³-hybridized carbons (Fsp3) is 0.320. The molecular weight excluding hydrogens is 466 g/mol. The summed E-state index contributed by atoms with van der Waals surface area (Å²) in [6.07, 6.45) is 1.85. The number of thiophene rings is 1. The number of hydrogen-bond donors (Lipinski definition) is 3. The van der Waals surface area contributed by atoms with Crippen LogP contribution in [0.3, 0.4) is 0 Å². The van der Waals surface area contributed by atoms with Gasteiger partial charge in [-0.25, -0.2) is 4.68 Å². The minimum atomic E-state index is -1.23. The highest BCUT2D eigenvalue weighted by atomic mass is 32.1. The van der Waals surface area contributed by atoms with Crippen LogP contribution in [0.2, 0.25) is 0 Å². The first-order valence-electron chi connectivity index (χ1n) is 11.4. The van der Waals surface area contributed by atoms with E-state index in [4.69, 9.17) is 0 Å². The van der Waals surface area contributed by atoms with Crippen LogP contribution in [0, 0.1) is 5.92 Å². The summed E-state index contributed by atoms with van der Waals surface area (Å²) in [4.78, 5) is 50.4. The average molecular weight is 494 g/mol. The van der Waals surface area contributed by atoms with Gasteiger partial charge in [0.25, 0.3) is 11.5 Å². The number of carbonyl (C=O) groups excluding carboxylic acids is 3. The summed E-state index contributed by atoms with van der Waals surface area (Å²) in [7, 11) is 0. The van der Waals surface area contributed by atoms with Crippen molar-refractivity contribution in [3.63, 3.8) is 0 Å². The number of rotatable bonds is 9. The van der Waals surface area contributed by atoms with Crippen LogP contribution in [-0.2, 0) is 15.1 Å². The fourth-order valence-electron chi connectivity index (χ4n) is 3.43. The van der Waals surface area contributed by atoms with Crippen LogP contribution in [0.4, 0.5) is 5.69 Å². The Kier molecular flexibility index (Phi) is 7.11. The van der Waals surface area contributed by atoms with Gasteiger partial charge in [-0.3, -0.25) is 19.2 Å². The van der Waals surface area contributed by atoms with E-state index in [-0.39, 0.29) is 42.3 Å². The quantitative estimate of drug-likeness (QED) is 0.396. The molecule has 0 spiro atoms. The van der Waals surface area contributed by atoms with E-state index in [9.17, 15) is 19.2 Å². The fourth-order valence-corrected chi connectivity index (χ4v) is 4.12. The molecule has 2 heterocycles. The van der Waals surface area contributed by atoms with Gasteiger partial charge in [-0.15, -0.1) is 11.3 Å². The molecule has 3 N–H and O–H groups in total. The van der Waals surface area contributed by atoms with Crippen LogP contribution in [0.15, 0.2) is 58.7 Å². The van der Waals surface area contributed by atoms with Crippen molar-refractivity contribution in [2.24, 2.45) is 5.92 Å². The van der Waals surface area contributed by atoms with Crippen LogP contribution < -0.4 is 21.5 Å².